The van der Waals surface area contributed by atoms with E-state index in [-0.39, 0.29) is 4.43 Å². The van der Waals surface area contributed by atoms with Crippen molar-refractivity contribution in [3.05, 3.63) is 0 Å². The minimum Gasteiger partial charge on any atom is -0.458 e. The van der Waals surface area contributed by atoms with Crippen molar-refractivity contribution in [1.82, 2.24) is 0 Å². The molecule has 1 aliphatic carbocycles. The number of ether oxygens (including phenoxy) is 1. The number of rotatable bonds is 6. The van der Waals surface area contributed by atoms with Crippen molar-refractivity contribution in [3.8, 4) is 0 Å². The van der Waals surface area contributed by atoms with Crippen LogP contribution >= 0.6 is 45.2 Å². The molecule has 0 spiro atoms. The predicted octanol–water partition coefficient (Wildman–Crippen LogP) is 4.96. The Morgan fingerprint density at radius 3 is 1.96 bits per heavy atom. The number of aliphatic hydroxyl groups is 1. The van der Waals surface area contributed by atoms with Crippen molar-refractivity contribution in [2.24, 2.45) is 5.92 Å². The van der Waals surface area contributed by atoms with Crippen LogP contribution in [0.4, 0.5) is 26.3 Å². The lowest BCUT2D eigenvalue weighted by Crippen LogP contribution is -2.66. The molecule has 11 heteroatoms. The van der Waals surface area contributed by atoms with E-state index in [1.165, 1.54) is 6.92 Å². The van der Waals surface area contributed by atoms with Gasteiger partial charge >= 0.3 is 18.3 Å². The lowest BCUT2D eigenvalue weighted by Gasteiger charge is -2.39. The Morgan fingerprint density at radius 2 is 1.60 bits per heavy atom. The molecular formula is C14H18F6I2O3. The van der Waals surface area contributed by atoms with Crippen LogP contribution in [0.3, 0.4) is 0 Å². The third kappa shape index (κ3) is 5.26. The average molecular weight is 602 g/mol. The molecule has 3 nitrogen and oxygen atoms in total. The van der Waals surface area contributed by atoms with E-state index in [2.05, 4.69) is 4.74 Å². The molecule has 1 saturated carbocycles. The standard InChI is InChI=1S/C14H18F6I2O3/c1-11(22,7-21)10(23)25-9(6-8-4-2-3-5-8)12(24,13(15,16)17)14(18,19)20/h8-9,24H,2-7H2,1H3. The Morgan fingerprint density at radius 1 is 1.16 bits per heavy atom. The first kappa shape index (κ1) is 23.5. The van der Waals surface area contributed by atoms with Crippen LogP contribution in [0.25, 0.3) is 0 Å². The van der Waals surface area contributed by atoms with E-state index < -0.39 is 45.8 Å². The topological polar surface area (TPSA) is 46.5 Å². The van der Waals surface area contributed by atoms with Crippen molar-refractivity contribution in [3.63, 3.8) is 0 Å². The monoisotopic (exact) mass is 602 g/mol. The quantitative estimate of drug-likeness (QED) is 0.203. The number of hydrogen-bond acceptors (Lipinski definition) is 3. The molecule has 0 radical (unpaired) electrons. The van der Waals surface area contributed by atoms with Gasteiger partial charge in [-0.15, -0.1) is 0 Å². The van der Waals surface area contributed by atoms with Gasteiger partial charge in [0.15, 0.2) is 0 Å². The summed E-state index contributed by atoms with van der Waals surface area (Å²) in [6.45, 7) is 1.34. The van der Waals surface area contributed by atoms with Gasteiger partial charge in [0.25, 0.3) is 5.60 Å². The molecule has 1 N–H and O–H groups in total. The highest BCUT2D eigenvalue weighted by atomic mass is 127. The van der Waals surface area contributed by atoms with E-state index in [4.69, 9.17) is 0 Å². The number of esters is 1. The Balaban J connectivity index is 3.25. The van der Waals surface area contributed by atoms with Crippen LogP contribution in [0.5, 0.6) is 0 Å². The maximum absolute atomic E-state index is 13.2. The van der Waals surface area contributed by atoms with E-state index >= 15 is 0 Å². The van der Waals surface area contributed by atoms with Gasteiger partial charge in [0, 0.05) is 4.43 Å². The summed E-state index contributed by atoms with van der Waals surface area (Å²) in [4.78, 5) is 12.1. The summed E-state index contributed by atoms with van der Waals surface area (Å²) in [5, 5.41) is 9.66. The summed E-state index contributed by atoms with van der Waals surface area (Å²) in [6.07, 6.45) is -13.2. The first-order valence-electron chi connectivity index (χ1n) is 7.48. The highest BCUT2D eigenvalue weighted by Gasteiger charge is 2.75. The second-order valence-electron chi connectivity index (χ2n) is 6.37. The number of hydrogen-bond donors (Lipinski definition) is 1. The number of carbonyl (C=O) groups excluding carboxylic acids is 1. The minimum atomic E-state index is -6.03. The molecule has 2 atom stereocenters. The van der Waals surface area contributed by atoms with Crippen molar-refractivity contribution in [2.45, 2.75) is 66.5 Å². The Bertz CT molecular complexity index is 458. The zero-order valence-electron chi connectivity index (χ0n) is 13.2. The van der Waals surface area contributed by atoms with E-state index in [1.54, 1.807) is 45.2 Å². The fourth-order valence-corrected chi connectivity index (χ4v) is 3.12. The fraction of sp³-hybridized carbons (Fsp3) is 0.929. The van der Waals surface area contributed by atoms with E-state index in [9.17, 15) is 36.2 Å². The normalized spacial score (nSPS) is 21.0. The molecule has 1 rings (SSSR count). The SMILES string of the molecule is CC(I)(CI)C(=O)OC(CC1CCCC1)C(O)(C(F)(F)F)C(F)(F)F. The minimum absolute atomic E-state index is 0.122. The van der Waals surface area contributed by atoms with Crippen molar-refractivity contribution < 1.29 is 41.0 Å². The predicted molar refractivity (Wildman–Crippen MR) is 94.8 cm³/mol. The second kappa shape index (κ2) is 8.23. The summed E-state index contributed by atoms with van der Waals surface area (Å²) >= 11 is 3.39. The summed E-state index contributed by atoms with van der Waals surface area (Å²) < 4.78 is 82.6. The summed E-state index contributed by atoms with van der Waals surface area (Å²) in [5.41, 5.74) is -5.10. The van der Waals surface area contributed by atoms with Crippen LogP contribution in [0, 0.1) is 5.92 Å². The number of halogens is 8. The molecule has 0 aromatic heterocycles. The first-order valence-corrected chi connectivity index (χ1v) is 10.1. The Hall–Kier alpha value is 0.470. The molecule has 0 aliphatic heterocycles. The molecule has 0 aromatic rings. The molecule has 1 aliphatic rings. The van der Waals surface area contributed by atoms with Gasteiger partial charge in [-0.2, -0.15) is 26.3 Å². The molecule has 0 saturated heterocycles. The van der Waals surface area contributed by atoms with Crippen LogP contribution < -0.4 is 0 Å². The van der Waals surface area contributed by atoms with Gasteiger partial charge in [0.05, 0.1) is 0 Å². The van der Waals surface area contributed by atoms with Crippen LogP contribution in [-0.2, 0) is 9.53 Å². The Labute approximate surface area is 168 Å². The molecule has 0 aromatic carbocycles. The highest BCUT2D eigenvalue weighted by Crippen LogP contribution is 2.49. The largest absolute Gasteiger partial charge is 0.458 e. The van der Waals surface area contributed by atoms with Gasteiger partial charge in [-0.3, -0.25) is 4.79 Å². The molecular weight excluding hydrogens is 584 g/mol. The number of alkyl halides is 8. The summed E-state index contributed by atoms with van der Waals surface area (Å²) in [7, 11) is 0. The van der Waals surface area contributed by atoms with Crippen LogP contribution in [-0.4, -0.2) is 43.0 Å². The summed E-state index contributed by atoms with van der Waals surface area (Å²) in [5.74, 6) is -1.67. The maximum Gasteiger partial charge on any atom is 0.430 e. The number of carbonyl (C=O) groups is 1. The van der Waals surface area contributed by atoms with Gasteiger partial charge in [-0.25, -0.2) is 0 Å². The molecule has 2 unspecified atom stereocenters. The van der Waals surface area contributed by atoms with Gasteiger partial charge in [-0.05, 0) is 19.3 Å². The Kier molecular flexibility index (Phi) is 7.74. The van der Waals surface area contributed by atoms with Crippen molar-refractivity contribution in [2.75, 3.05) is 4.43 Å². The van der Waals surface area contributed by atoms with Crippen molar-refractivity contribution >= 4 is 51.2 Å². The van der Waals surface area contributed by atoms with Gasteiger partial charge in [-0.1, -0.05) is 70.9 Å². The fourth-order valence-electron chi connectivity index (χ4n) is 2.69. The highest BCUT2D eigenvalue weighted by molar-refractivity contribution is 14.1. The van der Waals surface area contributed by atoms with Crippen molar-refractivity contribution in [1.29, 1.82) is 0 Å². The zero-order valence-corrected chi connectivity index (χ0v) is 17.5. The lowest BCUT2D eigenvalue weighted by atomic mass is 9.86. The molecule has 0 bridgehead atoms. The van der Waals surface area contributed by atoms with E-state index in [0.717, 1.165) is 0 Å². The lowest BCUT2D eigenvalue weighted by molar-refractivity contribution is -0.392. The van der Waals surface area contributed by atoms with Crippen LogP contribution in [0.1, 0.15) is 39.0 Å². The van der Waals surface area contributed by atoms with E-state index in [1.807, 2.05) is 0 Å². The maximum atomic E-state index is 13.2. The zero-order chi connectivity index (χ0) is 19.7. The smallest absolute Gasteiger partial charge is 0.430 e. The van der Waals surface area contributed by atoms with Crippen LogP contribution in [0.2, 0.25) is 0 Å². The van der Waals surface area contributed by atoms with E-state index in [0.29, 0.717) is 25.7 Å². The molecule has 148 valence electrons. The van der Waals surface area contributed by atoms with Crippen LogP contribution in [0.15, 0.2) is 0 Å². The molecule has 1 fully saturated rings. The first-order chi connectivity index (χ1) is 11.2. The molecule has 0 amide bonds. The average Bonchev–Trinajstić information content (AvgIpc) is 2.96. The second-order valence-corrected chi connectivity index (χ2v) is 9.52. The van der Waals surface area contributed by atoms with Gasteiger partial charge in [0.2, 0.25) is 0 Å². The molecule has 0 heterocycles. The third-order valence-corrected chi connectivity index (χ3v) is 8.09. The van der Waals surface area contributed by atoms with Gasteiger partial charge < -0.3 is 9.84 Å². The third-order valence-electron chi connectivity index (χ3n) is 4.28. The molecule has 25 heavy (non-hydrogen) atoms. The summed E-state index contributed by atoms with van der Waals surface area (Å²) in [6, 6.07) is 0. The van der Waals surface area contributed by atoms with Gasteiger partial charge in [0.1, 0.15) is 9.53 Å².